The zero-order valence-corrected chi connectivity index (χ0v) is 8.42. The van der Waals surface area contributed by atoms with Crippen LogP contribution in [0, 0.1) is 0 Å². The van der Waals surface area contributed by atoms with E-state index in [1.54, 1.807) is 12.3 Å². The number of nitrogens with one attached hydrogen (secondary N) is 1. The Morgan fingerprint density at radius 2 is 2.06 bits per heavy atom. The van der Waals surface area contributed by atoms with Crippen molar-refractivity contribution in [2.45, 2.75) is 0 Å². The van der Waals surface area contributed by atoms with E-state index in [-0.39, 0.29) is 0 Å². The van der Waals surface area contributed by atoms with E-state index in [2.05, 4.69) is 15.1 Å². The average Bonchev–Trinajstić information content (AvgIpc) is 2.95. The molecule has 0 radical (unpaired) electrons. The number of nitrogens with zero attached hydrogens (tertiary/aromatic N) is 2. The van der Waals surface area contributed by atoms with E-state index in [1.807, 2.05) is 36.4 Å². The van der Waals surface area contributed by atoms with Crippen molar-refractivity contribution in [3.63, 3.8) is 0 Å². The van der Waals surface area contributed by atoms with E-state index < -0.39 is 0 Å². The normalized spacial score (nSPS) is 11.5. The first-order valence-corrected chi connectivity index (χ1v) is 4.95. The van der Waals surface area contributed by atoms with Crippen molar-refractivity contribution >= 4 is 23.2 Å². The van der Waals surface area contributed by atoms with Crippen molar-refractivity contribution in [1.82, 2.24) is 15.1 Å². The maximum absolute atomic E-state index is 4.95. The molecule has 0 unspecified atom stereocenters. The minimum atomic E-state index is 0.709. The molecular formula is C12H9N3O. The number of fused-ring (bicyclic) bond motifs is 1. The molecular weight excluding hydrogens is 202 g/mol. The highest BCUT2D eigenvalue weighted by Crippen LogP contribution is 2.12. The van der Waals surface area contributed by atoms with E-state index in [4.69, 9.17) is 4.52 Å². The second-order valence-electron chi connectivity index (χ2n) is 3.39. The smallest absolute Gasteiger partial charge is 0.159 e. The van der Waals surface area contributed by atoms with Gasteiger partial charge < -0.3 is 9.51 Å². The Morgan fingerprint density at radius 1 is 1.12 bits per heavy atom. The van der Waals surface area contributed by atoms with Crippen molar-refractivity contribution < 1.29 is 4.52 Å². The maximum Gasteiger partial charge on any atom is 0.159 e. The Morgan fingerprint density at radius 3 is 2.88 bits per heavy atom. The van der Waals surface area contributed by atoms with Gasteiger partial charge in [0, 0.05) is 6.07 Å². The van der Waals surface area contributed by atoms with Crippen LogP contribution in [0.4, 0.5) is 0 Å². The topological polar surface area (TPSA) is 54.7 Å². The quantitative estimate of drug-likeness (QED) is 0.709. The fourth-order valence-electron chi connectivity index (χ4n) is 1.52. The Bertz CT molecular complexity index is 590. The standard InChI is InChI=1S/C12H9N3O/c1-2-4-11-10(3-1)14-12(15-11)6-5-9-7-8-13-16-9/h1-8H,(H,14,15). The largest absolute Gasteiger partial charge is 0.357 e. The summed E-state index contributed by atoms with van der Waals surface area (Å²) in [5, 5.41) is 3.62. The number of hydrogen-bond donors (Lipinski definition) is 1. The zero-order valence-electron chi connectivity index (χ0n) is 8.42. The van der Waals surface area contributed by atoms with E-state index in [0.29, 0.717) is 5.76 Å². The molecule has 2 heterocycles. The first-order chi connectivity index (χ1) is 7.92. The van der Waals surface area contributed by atoms with Crippen molar-refractivity contribution in [3.8, 4) is 0 Å². The third-order valence-electron chi connectivity index (χ3n) is 2.27. The van der Waals surface area contributed by atoms with Crippen LogP contribution in [-0.4, -0.2) is 15.1 Å². The summed E-state index contributed by atoms with van der Waals surface area (Å²) in [7, 11) is 0. The van der Waals surface area contributed by atoms with Crippen LogP contribution in [0.15, 0.2) is 41.1 Å². The summed E-state index contributed by atoms with van der Waals surface area (Å²) in [6.45, 7) is 0. The predicted octanol–water partition coefficient (Wildman–Crippen LogP) is 2.72. The molecule has 0 aliphatic rings. The molecule has 0 aliphatic carbocycles. The van der Waals surface area contributed by atoms with Crippen LogP contribution in [0.1, 0.15) is 11.6 Å². The van der Waals surface area contributed by atoms with Gasteiger partial charge in [-0.25, -0.2) is 4.98 Å². The fourth-order valence-corrected chi connectivity index (χ4v) is 1.52. The van der Waals surface area contributed by atoms with Crippen LogP contribution in [0.5, 0.6) is 0 Å². The van der Waals surface area contributed by atoms with Crippen LogP contribution in [0.25, 0.3) is 23.2 Å². The number of imidazole rings is 1. The molecule has 1 aromatic carbocycles. The number of rotatable bonds is 2. The van der Waals surface area contributed by atoms with Gasteiger partial charge in [0.1, 0.15) is 5.82 Å². The lowest BCUT2D eigenvalue weighted by Gasteiger charge is -1.82. The summed E-state index contributed by atoms with van der Waals surface area (Å²) in [4.78, 5) is 7.61. The van der Waals surface area contributed by atoms with Gasteiger partial charge in [0.05, 0.1) is 17.2 Å². The van der Waals surface area contributed by atoms with Gasteiger partial charge in [0.2, 0.25) is 0 Å². The highest BCUT2D eigenvalue weighted by atomic mass is 16.5. The first kappa shape index (κ1) is 8.91. The van der Waals surface area contributed by atoms with Crippen LogP contribution < -0.4 is 0 Å². The van der Waals surface area contributed by atoms with Crippen molar-refractivity contribution in [3.05, 3.63) is 48.1 Å². The summed E-state index contributed by atoms with van der Waals surface area (Å²) >= 11 is 0. The number of para-hydroxylation sites is 2. The number of hydrogen-bond acceptors (Lipinski definition) is 3. The molecule has 4 heteroatoms. The van der Waals surface area contributed by atoms with Crippen LogP contribution in [0.3, 0.4) is 0 Å². The number of benzene rings is 1. The first-order valence-electron chi connectivity index (χ1n) is 4.95. The van der Waals surface area contributed by atoms with E-state index in [9.17, 15) is 0 Å². The molecule has 0 bridgehead atoms. The third-order valence-corrected chi connectivity index (χ3v) is 2.27. The molecule has 0 fully saturated rings. The van der Waals surface area contributed by atoms with Gasteiger partial charge in [-0.15, -0.1) is 0 Å². The molecule has 0 saturated carbocycles. The summed E-state index contributed by atoms with van der Waals surface area (Å²) in [6.07, 6.45) is 5.30. The Balaban J connectivity index is 1.95. The molecule has 0 saturated heterocycles. The molecule has 16 heavy (non-hydrogen) atoms. The van der Waals surface area contributed by atoms with Gasteiger partial charge in [0.25, 0.3) is 0 Å². The Kier molecular flexibility index (Phi) is 2.04. The summed E-state index contributed by atoms with van der Waals surface area (Å²) in [5.41, 5.74) is 1.99. The van der Waals surface area contributed by atoms with Gasteiger partial charge in [0.15, 0.2) is 5.76 Å². The second-order valence-corrected chi connectivity index (χ2v) is 3.39. The highest BCUT2D eigenvalue weighted by molar-refractivity contribution is 5.78. The van der Waals surface area contributed by atoms with Gasteiger partial charge in [-0.3, -0.25) is 0 Å². The van der Waals surface area contributed by atoms with Crippen molar-refractivity contribution in [2.75, 3.05) is 0 Å². The molecule has 0 aliphatic heterocycles. The summed E-state index contributed by atoms with van der Waals surface area (Å²) in [5.74, 6) is 1.51. The number of H-pyrrole nitrogens is 1. The average molecular weight is 211 g/mol. The molecule has 78 valence electrons. The highest BCUT2D eigenvalue weighted by Gasteiger charge is 1.98. The van der Waals surface area contributed by atoms with E-state index >= 15 is 0 Å². The molecule has 4 nitrogen and oxygen atoms in total. The van der Waals surface area contributed by atoms with Gasteiger partial charge in [-0.2, -0.15) is 0 Å². The number of aromatic amines is 1. The fraction of sp³-hybridized carbons (Fsp3) is 0. The summed E-state index contributed by atoms with van der Waals surface area (Å²) < 4.78 is 4.95. The van der Waals surface area contributed by atoms with Gasteiger partial charge in [-0.1, -0.05) is 17.3 Å². The number of aromatic nitrogens is 3. The maximum atomic E-state index is 4.95. The molecule has 0 amide bonds. The van der Waals surface area contributed by atoms with Crippen LogP contribution in [0.2, 0.25) is 0 Å². The van der Waals surface area contributed by atoms with E-state index in [0.717, 1.165) is 16.9 Å². The van der Waals surface area contributed by atoms with Crippen molar-refractivity contribution in [2.24, 2.45) is 0 Å². The molecule has 0 spiro atoms. The molecule has 3 aromatic rings. The Hall–Kier alpha value is -2.36. The van der Waals surface area contributed by atoms with Crippen LogP contribution in [-0.2, 0) is 0 Å². The third kappa shape index (κ3) is 1.61. The van der Waals surface area contributed by atoms with Crippen molar-refractivity contribution in [1.29, 1.82) is 0 Å². The Labute approximate surface area is 91.6 Å². The predicted molar refractivity (Wildman–Crippen MR) is 61.5 cm³/mol. The lowest BCUT2D eigenvalue weighted by molar-refractivity contribution is 0.413. The molecule has 3 rings (SSSR count). The van der Waals surface area contributed by atoms with Gasteiger partial charge >= 0.3 is 0 Å². The molecule has 0 atom stereocenters. The van der Waals surface area contributed by atoms with E-state index in [1.165, 1.54) is 0 Å². The minimum absolute atomic E-state index is 0.709. The SMILES string of the molecule is C(=Cc1ccno1)c1nc2ccccc2[nH]1. The summed E-state index contributed by atoms with van der Waals surface area (Å²) in [6, 6.07) is 9.70. The second kappa shape index (κ2) is 3.66. The van der Waals surface area contributed by atoms with Crippen LogP contribution >= 0.6 is 0 Å². The monoisotopic (exact) mass is 211 g/mol. The minimum Gasteiger partial charge on any atom is -0.357 e. The lowest BCUT2D eigenvalue weighted by atomic mass is 10.3. The molecule has 1 N–H and O–H groups in total. The van der Waals surface area contributed by atoms with Gasteiger partial charge in [-0.05, 0) is 24.3 Å². The zero-order chi connectivity index (χ0) is 10.8. The molecule has 2 aromatic heterocycles. The lowest BCUT2D eigenvalue weighted by Crippen LogP contribution is -1.72.